The Morgan fingerprint density at radius 2 is 1.03 bits per heavy atom. The molecule has 0 saturated heterocycles. The van der Waals surface area contributed by atoms with E-state index in [1.54, 1.807) is 0 Å². The fourth-order valence-corrected chi connectivity index (χ4v) is 3.75. The monoisotopic (exact) mass is 446 g/mol. The molecule has 0 aliphatic heterocycles. The first-order valence-electron chi connectivity index (χ1n) is 11.9. The molecule has 0 saturated carbocycles. The van der Waals surface area contributed by atoms with Gasteiger partial charge in [-0.3, -0.25) is 9.59 Å². The van der Waals surface area contributed by atoms with Gasteiger partial charge in [-0.2, -0.15) is 0 Å². The van der Waals surface area contributed by atoms with Crippen LogP contribution in [0.25, 0.3) is 0 Å². The van der Waals surface area contributed by atoms with E-state index in [4.69, 9.17) is 9.84 Å². The van der Waals surface area contributed by atoms with Crippen LogP contribution in [-0.4, -0.2) is 92.9 Å². The van der Waals surface area contributed by atoms with Gasteiger partial charge < -0.3 is 9.84 Å². The molecule has 0 fully saturated rings. The van der Waals surface area contributed by atoms with Crippen molar-refractivity contribution in [2.24, 2.45) is 0 Å². The second kappa shape index (κ2) is 24.8. The van der Waals surface area contributed by atoms with Gasteiger partial charge in [0.15, 0.2) is 0 Å². The molecule has 1 N–H and O–H groups in total. The fraction of sp³-hybridized carbons (Fsp3) is 0.917. The third-order valence-corrected chi connectivity index (χ3v) is 5.52. The number of carboxylic acid groups (broad SMARTS) is 1. The zero-order chi connectivity index (χ0) is 21.1. The van der Waals surface area contributed by atoms with Crippen LogP contribution in [0.3, 0.4) is 0 Å². The Bertz CT molecular complexity index is 407. The van der Waals surface area contributed by atoms with Crippen molar-refractivity contribution in [2.45, 2.75) is 142 Å². The zero-order valence-corrected chi connectivity index (χ0v) is 18.9. The molecule has 0 amide bonds. The van der Waals surface area contributed by atoms with Gasteiger partial charge in [0.1, 0.15) is 12.0 Å². The van der Waals surface area contributed by atoms with Gasteiger partial charge in [0, 0.05) is 0 Å². The Morgan fingerprint density at radius 1 is 0.700 bits per heavy atom. The molecule has 0 aromatic carbocycles. The Labute approximate surface area is 241 Å². The number of ether oxygens (including phenoxy) is 1. The van der Waals surface area contributed by atoms with E-state index in [0.717, 1.165) is 38.5 Å². The second-order valence-electron chi connectivity index (χ2n) is 8.59. The molecule has 0 aliphatic rings. The molecule has 1 atom stereocenters. The summed E-state index contributed by atoms with van der Waals surface area (Å²) in [6.45, 7) is 6.43. The Balaban J connectivity index is -0.00000364. The average Bonchev–Trinajstić information content (AvgIpc) is 2.62. The molecule has 170 valence electrons. The summed E-state index contributed by atoms with van der Waals surface area (Å²) < 4.78 is 5.62. The summed E-state index contributed by atoms with van der Waals surface area (Å²) in [5.41, 5.74) is -0.515. The van der Waals surface area contributed by atoms with E-state index in [1.807, 2.05) is 6.92 Å². The molecule has 30 heavy (non-hydrogen) atoms. The number of carbonyl (C=O) groups is 2. The first-order chi connectivity index (χ1) is 13.4. The van der Waals surface area contributed by atoms with Crippen LogP contribution >= 0.6 is 0 Å². The summed E-state index contributed by atoms with van der Waals surface area (Å²) in [5, 5.41) is 8.82. The molecule has 0 heterocycles. The Hall–Kier alpha value is 1.17. The summed E-state index contributed by atoms with van der Waals surface area (Å²) in [6.07, 6.45) is 19.8. The van der Waals surface area contributed by atoms with Crippen LogP contribution in [0.1, 0.15) is 136 Å². The molecule has 1 unspecified atom stereocenters. The molecule has 0 bridgehead atoms. The molecule has 0 aliphatic carbocycles. The van der Waals surface area contributed by atoms with E-state index >= 15 is 0 Å². The van der Waals surface area contributed by atoms with Gasteiger partial charge >= 0.3 is 82.2 Å². The standard InChI is InChI=1S/C24H46O4.K.Li.2H/c1-4-6-8-10-11-12-13-14-16-18-20-24(3,19-17-15-9-7-5-2)28-23(27)21-22(25)26;;;;/h4-21H2,1-3H3,(H,25,26);;;;. The molecular formula is C24H48KLiO4. The van der Waals surface area contributed by atoms with Crippen LogP contribution in [0.5, 0.6) is 0 Å². The number of hydrogen-bond acceptors (Lipinski definition) is 3. The van der Waals surface area contributed by atoms with E-state index in [9.17, 15) is 9.59 Å². The molecule has 0 spiro atoms. The predicted molar refractivity (Wildman–Crippen MR) is 131 cm³/mol. The molecule has 0 aromatic heterocycles. The summed E-state index contributed by atoms with van der Waals surface area (Å²) >= 11 is 0. The first kappa shape index (κ1) is 35.8. The number of hydrogen-bond donors (Lipinski definition) is 1. The third-order valence-electron chi connectivity index (χ3n) is 5.52. The van der Waals surface area contributed by atoms with Gasteiger partial charge in [0.05, 0.1) is 0 Å². The van der Waals surface area contributed by atoms with Gasteiger partial charge in [-0.15, -0.1) is 0 Å². The van der Waals surface area contributed by atoms with Crippen LogP contribution in [0.2, 0.25) is 0 Å². The number of carbonyl (C=O) groups excluding carboxylic acids is 1. The molecule has 0 aromatic rings. The van der Waals surface area contributed by atoms with E-state index in [-0.39, 0.29) is 70.2 Å². The van der Waals surface area contributed by atoms with Gasteiger partial charge in [0.25, 0.3) is 0 Å². The minimum atomic E-state index is -1.12. The number of aliphatic carboxylic acids is 1. The van der Waals surface area contributed by atoms with Crippen LogP contribution in [0, 0.1) is 0 Å². The number of unbranched alkanes of at least 4 members (excludes halogenated alkanes) is 13. The van der Waals surface area contributed by atoms with Crippen molar-refractivity contribution >= 4 is 82.2 Å². The van der Waals surface area contributed by atoms with Crippen LogP contribution in [0.4, 0.5) is 0 Å². The maximum absolute atomic E-state index is 11.9. The molecule has 6 heteroatoms. The van der Waals surface area contributed by atoms with Crippen molar-refractivity contribution in [3.63, 3.8) is 0 Å². The average molecular weight is 447 g/mol. The Kier molecular flexibility index (Phi) is 29.6. The normalized spacial score (nSPS) is 12.4. The van der Waals surface area contributed by atoms with Crippen molar-refractivity contribution < 1.29 is 19.4 Å². The van der Waals surface area contributed by atoms with Crippen LogP contribution in [-0.2, 0) is 14.3 Å². The Morgan fingerprint density at radius 3 is 1.37 bits per heavy atom. The zero-order valence-electron chi connectivity index (χ0n) is 18.9. The molecule has 0 radical (unpaired) electrons. The van der Waals surface area contributed by atoms with E-state index < -0.39 is 24.0 Å². The van der Waals surface area contributed by atoms with Gasteiger partial charge in [-0.25, -0.2) is 0 Å². The fourth-order valence-electron chi connectivity index (χ4n) is 3.75. The quantitative estimate of drug-likeness (QED) is 0.106. The van der Waals surface area contributed by atoms with Crippen LogP contribution < -0.4 is 0 Å². The summed E-state index contributed by atoms with van der Waals surface area (Å²) in [6, 6.07) is 0. The van der Waals surface area contributed by atoms with Crippen molar-refractivity contribution in [3.8, 4) is 0 Å². The van der Waals surface area contributed by atoms with Gasteiger partial charge in [-0.05, 0) is 32.6 Å². The van der Waals surface area contributed by atoms with Crippen molar-refractivity contribution in [3.05, 3.63) is 0 Å². The van der Waals surface area contributed by atoms with Crippen molar-refractivity contribution in [1.29, 1.82) is 0 Å². The second-order valence-corrected chi connectivity index (χ2v) is 8.59. The number of esters is 1. The topological polar surface area (TPSA) is 63.6 Å². The third kappa shape index (κ3) is 23.8. The number of rotatable bonds is 20. The summed E-state index contributed by atoms with van der Waals surface area (Å²) in [7, 11) is 0. The number of carboxylic acids is 1. The maximum atomic E-state index is 11.9. The van der Waals surface area contributed by atoms with Crippen LogP contribution in [0.15, 0.2) is 0 Å². The van der Waals surface area contributed by atoms with E-state index in [1.165, 1.54) is 70.6 Å². The van der Waals surface area contributed by atoms with Gasteiger partial charge in [0.2, 0.25) is 0 Å². The molecule has 0 rings (SSSR count). The molecular weight excluding hydrogens is 398 g/mol. The van der Waals surface area contributed by atoms with Crippen molar-refractivity contribution in [1.82, 2.24) is 0 Å². The SMILES string of the molecule is CCCCCCCCCCCCC(C)(CCCCCCC)OC(=O)CC(=O)O.[KH].[LiH]. The first-order valence-corrected chi connectivity index (χ1v) is 11.9. The minimum absolute atomic E-state index is 0. The van der Waals surface area contributed by atoms with E-state index in [0.29, 0.717) is 0 Å². The molecule has 4 nitrogen and oxygen atoms in total. The van der Waals surface area contributed by atoms with Gasteiger partial charge in [-0.1, -0.05) is 97.3 Å². The predicted octanol–water partition coefficient (Wildman–Crippen LogP) is 6.14. The van der Waals surface area contributed by atoms with E-state index in [2.05, 4.69) is 13.8 Å². The van der Waals surface area contributed by atoms with Crippen molar-refractivity contribution in [2.75, 3.05) is 0 Å². The summed E-state index contributed by atoms with van der Waals surface area (Å²) in [4.78, 5) is 22.7. The summed E-state index contributed by atoms with van der Waals surface area (Å²) in [5.74, 6) is -1.72.